The predicted molar refractivity (Wildman–Crippen MR) is 47.8 cm³/mol. The van der Waals surface area contributed by atoms with E-state index in [2.05, 4.69) is 0 Å². The van der Waals surface area contributed by atoms with E-state index >= 15 is 0 Å². The highest BCUT2D eigenvalue weighted by Gasteiger charge is 2.28. The first kappa shape index (κ1) is 8.16. The lowest BCUT2D eigenvalue weighted by Gasteiger charge is -2.24. The maximum absolute atomic E-state index is 10.9. The summed E-state index contributed by atoms with van der Waals surface area (Å²) in [5.41, 5.74) is 0.502. The molecule has 1 N–H and O–H groups in total. The minimum Gasteiger partial charge on any atom is -0.478 e. The van der Waals surface area contributed by atoms with E-state index in [1.165, 1.54) is 0 Å². The summed E-state index contributed by atoms with van der Waals surface area (Å²) in [6.45, 7) is 1.79. The van der Waals surface area contributed by atoms with Crippen LogP contribution in [0.3, 0.4) is 0 Å². The molecule has 0 radical (unpaired) electrons. The molecule has 0 unspecified atom stereocenters. The first-order valence-electron chi connectivity index (χ1n) is 4.31. The van der Waals surface area contributed by atoms with Crippen LogP contribution in [0.25, 0.3) is 0 Å². The molecule has 2 aliphatic heterocycles. The average Bonchev–Trinajstić information content (AvgIpc) is 2.48. The van der Waals surface area contributed by atoms with Crippen LogP contribution in [0.4, 0.5) is 0 Å². The number of carbonyl (C=O) groups is 1. The zero-order chi connectivity index (χ0) is 9.42. The molecular formula is C9H12N2O2. The van der Waals surface area contributed by atoms with Gasteiger partial charge in [-0.25, -0.2) is 4.79 Å². The van der Waals surface area contributed by atoms with E-state index in [0.29, 0.717) is 12.0 Å². The molecule has 0 bridgehead atoms. The van der Waals surface area contributed by atoms with Gasteiger partial charge in [0.25, 0.3) is 0 Å². The minimum atomic E-state index is -0.807. The van der Waals surface area contributed by atoms with E-state index in [1.54, 1.807) is 0 Å². The lowest BCUT2D eigenvalue weighted by atomic mass is 10.1. The maximum atomic E-state index is 10.9. The zero-order valence-electron chi connectivity index (χ0n) is 7.53. The molecule has 0 aromatic rings. The molecule has 0 atom stereocenters. The van der Waals surface area contributed by atoms with Crippen LogP contribution in [0.2, 0.25) is 0 Å². The molecule has 2 rings (SSSR count). The van der Waals surface area contributed by atoms with Gasteiger partial charge in [0.2, 0.25) is 0 Å². The van der Waals surface area contributed by atoms with Crippen LogP contribution < -0.4 is 0 Å². The SMILES string of the molecule is CN1CCN2C=CCC(C(=O)O)=C12. The van der Waals surface area contributed by atoms with E-state index in [0.717, 1.165) is 18.9 Å². The summed E-state index contributed by atoms with van der Waals surface area (Å²) >= 11 is 0. The Bertz CT molecular complexity index is 307. The second kappa shape index (κ2) is 2.80. The molecule has 70 valence electrons. The highest BCUT2D eigenvalue weighted by atomic mass is 16.4. The van der Waals surface area contributed by atoms with Crippen molar-refractivity contribution in [1.29, 1.82) is 0 Å². The Kier molecular flexibility index (Phi) is 1.76. The molecular weight excluding hydrogens is 168 g/mol. The number of hydrogen-bond acceptors (Lipinski definition) is 3. The van der Waals surface area contributed by atoms with Crippen molar-refractivity contribution < 1.29 is 9.90 Å². The summed E-state index contributed by atoms with van der Waals surface area (Å²) in [6, 6.07) is 0. The summed E-state index contributed by atoms with van der Waals surface area (Å²) in [4.78, 5) is 14.9. The van der Waals surface area contributed by atoms with Crippen molar-refractivity contribution >= 4 is 5.97 Å². The van der Waals surface area contributed by atoms with Crippen molar-refractivity contribution in [3.05, 3.63) is 23.7 Å². The number of hydrogen-bond donors (Lipinski definition) is 1. The molecule has 0 saturated carbocycles. The van der Waals surface area contributed by atoms with Crippen molar-refractivity contribution in [1.82, 2.24) is 9.80 Å². The number of carboxylic acids is 1. The largest absolute Gasteiger partial charge is 0.478 e. The van der Waals surface area contributed by atoms with Crippen LogP contribution in [0, 0.1) is 0 Å². The van der Waals surface area contributed by atoms with E-state index in [1.807, 2.05) is 29.1 Å². The molecule has 4 heteroatoms. The van der Waals surface area contributed by atoms with E-state index in [9.17, 15) is 4.79 Å². The fourth-order valence-electron chi connectivity index (χ4n) is 1.81. The van der Waals surface area contributed by atoms with Crippen molar-refractivity contribution in [2.75, 3.05) is 20.1 Å². The van der Waals surface area contributed by atoms with Gasteiger partial charge in [-0.2, -0.15) is 0 Å². The first-order valence-corrected chi connectivity index (χ1v) is 4.31. The summed E-state index contributed by atoms with van der Waals surface area (Å²) < 4.78 is 0. The first-order chi connectivity index (χ1) is 6.20. The minimum absolute atomic E-state index is 0.502. The second-order valence-electron chi connectivity index (χ2n) is 3.31. The number of nitrogens with zero attached hydrogens (tertiary/aromatic N) is 2. The number of likely N-dealkylation sites (N-methyl/N-ethyl adjacent to an activating group) is 1. The third-order valence-corrected chi connectivity index (χ3v) is 2.45. The Labute approximate surface area is 76.7 Å². The van der Waals surface area contributed by atoms with Gasteiger partial charge in [-0.3, -0.25) is 0 Å². The van der Waals surface area contributed by atoms with Gasteiger partial charge in [0.05, 0.1) is 5.57 Å². The molecule has 0 aromatic carbocycles. The number of fused-ring (bicyclic) bond motifs is 1. The fourth-order valence-corrected chi connectivity index (χ4v) is 1.81. The van der Waals surface area contributed by atoms with Crippen LogP contribution >= 0.6 is 0 Å². The summed E-state index contributed by atoms with van der Waals surface area (Å²) in [5, 5.41) is 8.96. The number of rotatable bonds is 1. The monoisotopic (exact) mass is 180 g/mol. The van der Waals surface area contributed by atoms with Gasteiger partial charge in [-0.1, -0.05) is 6.08 Å². The Morgan fingerprint density at radius 1 is 1.54 bits per heavy atom. The Morgan fingerprint density at radius 3 is 3.00 bits per heavy atom. The molecule has 0 spiro atoms. The maximum Gasteiger partial charge on any atom is 0.335 e. The zero-order valence-corrected chi connectivity index (χ0v) is 7.53. The normalized spacial score (nSPS) is 21.0. The van der Waals surface area contributed by atoms with E-state index in [4.69, 9.17) is 5.11 Å². The van der Waals surface area contributed by atoms with E-state index in [-0.39, 0.29) is 0 Å². The number of carboxylic acid groups (broad SMARTS) is 1. The highest BCUT2D eigenvalue weighted by molar-refractivity contribution is 5.88. The van der Waals surface area contributed by atoms with Gasteiger partial charge >= 0.3 is 5.97 Å². The standard InChI is InChI=1S/C9H12N2O2/c1-10-5-6-11-4-2-3-7(8(10)11)9(12)13/h2,4H,3,5-6H2,1H3,(H,12,13). The quantitative estimate of drug-likeness (QED) is 0.636. The third kappa shape index (κ3) is 1.18. The summed E-state index contributed by atoms with van der Waals surface area (Å²) in [5.74, 6) is 0.0492. The highest BCUT2D eigenvalue weighted by Crippen LogP contribution is 2.26. The average molecular weight is 180 g/mol. The lowest BCUT2D eigenvalue weighted by molar-refractivity contribution is -0.133. The van der Waals surface area contributed by atoms with Gasteiger partial charge in [0, 0.05) is 32.8 Å². The van der Waals surface area contributed by atoms with Crippen molar-refractivity contribution in [3.63, 3.8) is 0 Å². The van der Waals surface area contributed by atoms with Gasteiger partial charge in [-0.15, -0.1) is 0 Å². The van der Waals surface area contributed by atoms with Crippen molar-refractivity contribution in [3.8, 4) is 0 Å². The lowest BCUT2D eigenvalue weighted by Crippen LogP contribution is -2.23. The Morgan fingerprint density at radius 2 is 2.31 bits per heavy atom. The number of allylic oxidation sites excluding steroid dienone is 1. The summed E-state index contributed by atoms with van der Waals surface area (Å²) in [7, 11) is 1.93. The molecule has 4 nitrogen and oxygen atoms in total. The van der Waals surface area contributed by atoms with Crippen LogP contribution in [0.15, 0.2) is 23.7 Å². The van der Waals surface area contributed by atoms with Crippen LogP contribution in [0.5, 0.6) is 0 Å². The Balaban J connectivity index is 2.40. The van der Waals surface area contributed by atoms with Crippen molar-refractivity contribution in [2.24, 2.45) is 0 Å². The van der Waals surface area contributed by atoms with Crippen LogP contribution in [-0.2, 0) is 4.79 Å². The predicted octanol–water partition coefficient (Wildman–Crippen LogP) is 0.447. The second-order valence-corrected chi connectivity index (χ2v) is 3.31. The topological polar surface area (TPSA) is 43.8 Å². The van der Waals surface area contributed by atoms with Gasteiger partial charge in [0.1, 0.15) is 5.82 Å². The molecule has 0 aromatic heterocycles. The fraction of sp³-hybridized carbons (Fsp3) is 0.444. The van der Waals surface area contributed by atoms with Crippen molar-refractivity contribution in [2.45, 2.75) is 6.42 Å². The smallest absolute Gasteiger partial charge is 0.335 e. The molecule has 2 heterocycles. The van der Waals surface area contributed by atoms with E-state index < -0.39 is 5.97 Å². The van der Waals surface area contributed by atoms with Gasteiger partial charge in [0.15, 0.2) is 0 Å². The third-order valence-electron chi connectivity index (χ3n) is 2.45. The molecule has 0 amide bonds. The number of aliphatic carboxylic acids is 1. The molecule has 1 fully saturated rings. The molecule has 13 heavy (non-hydrogen) atoms. The molecule has 2 aliphatic rings. The molecule has 1 saturated heterocycles. The van der Waals surface area contributed by atoms with Crippen LogP contribution in [-0.4, -0.2) is 41.0 Å². The van der Waals surface area contributed by atoms with Gasteiger partial charge < -0.3 is 14.9 Å². The van der Waals surface area contributed by atoms with Crippen LogP contribution in [0.1, 0.15) is 6.42 Å². The molecule has 0 aliphatic carbocycles. The van der Waals surface area contributed by atoms with Gasteiger partial charge in [-0.05, 0) is 0 Å². The summed E-state index contributed by atoms with van der Waals surface area (Å²) in [6.07, 6.45) is 4.39. The Hall–Kier alpha value is -1.45.